The molecule has 0 atom stereocenters. The van der Waals surface area contributed by atoms with Crippen molar-refractivity contribution in [2.75, 3.05) is 13.1 Å². The van der Waals surface area contributed by atoms with Gasteiger partial charge in [-0.2, -0.15) is 0 Å². The molecule has 1 aliphatic rings. The number of halogens is 1. The fraction of sp³-hybridized carbons (Fsp3) is 0.615. The third-order valence-corrected chi connectivity index (χ3v) is 3.34. The standard InChI is InChI=1S/C13H21N2.BrH/c1-4-6-12-13-8-7-11(3)15(13)10-9-14(12)5-2;/h7-8H,4-6,9-10H2,1-3H3;1H/q+1;/p-1. The maximum Gasteiger partial charge on any atom is 0.199 e. The van der Waals surface area contributed by atoms with Crippen molar-refractivity contribution in [3.8, 4) is 0 Å². The first kappa shape index (κ1) is 13.5. The van der Waals surface area contributed by atoms with Crippen LogP contribution in [0.5, 0.6) is 0 Å². The third kappa shape index (κ3) is 2.24. The fourth-order valence-electron chi connectivity index (χ4n) is 2.51. The van der Waals surface area contributed by atoms with Gasteiger partial charge in [-0.3, -0.25) is 0 Å². The second kappa shape index (κ2) is 5.67. The van der Waals surface area contributed by atoms with Gasteiger partial charge >= 0.3 is 0 Å². The minimum absolute atomic E-state index is 0. The Hall–Kier alpha value is -0.570. The summed E-state index contributed by atoms with van der Waals surface area (Å²) in [5.41, 5.74) is 4.39. The summed E-state index contributed by atoms with van der Waals surface area (Å²) >= 11 is 0. The number of hydrogen-bond donors (Lipinski definition) is 0. The van der Waals surface area contributed by atoms with Gasteiger partial charge in [-0.05, 0) is 32.4 Å². The largest absolute Gasteiger partial charge is 1.00 e. The summed E-state index contributed by atoms with van der Waals surface area (Å²) in [6.07, 6.45) is 2.44. The average Bonchev–Trinajstić information content (AvgIpc) is 2.62. The van der Waals surface area contributed by atoms with Gasteiger partial charge in [0.2, 0.25) is 0 Å². The van der Waals surface area contributed by atoms with E-state index >= 15 is 0 Å². The molecule has 0 N–H and O–H groups in total. The molecule has 0 radical (unpaired) electrons. The molecule has 90 valence electrons. The molecule has 0 unspecified atom stereocenters. The van der Waals surface area contributed by atoms with Crippen molar-refractivity contribution >= 4 is 5.71 Å². The van der Waals surface area contributed by atoms with E-state index < -0.39 is 0 Å². The van der Waals surface area contributed by atoms with Gasteiger partial charge in [0, 0.05) is 12.1 Å². The van der Waals surface area contributed by atoms with Crippen molar-refractivity contribution < 1.29 is 21.6 Å². The van der Waals surface area contributed by atoms with Crippen molar-refractivity contribution in [2.45, 2.75) is 40.2 Å². The quantitative estimate of drug-likeness (QED) is 0.658. The molecule has 1 aromatic rings. The maximum atomic E-state index is 2.53. The van der Waals surface area contributed by atoms with Gasteiger partial charge < -0.3 is 21.5 Å². The number of fused-ring (bicyclic) bond motifs is 1. The number of likely N-dealkylation sites (N-methyl/N-ethyl adjacent to an activating group) is 1. The summed E-state index contributed by atoms with van der Waals surface area (Å²) in [6, 6.07) is 4.52. The van der Waals surface area contributed by atoms with Crippen molar-refractivity contribution in [3.05, 3.63) is 23.5 Å². The molecule has 0 aromatic carbocycles. The number of aryl methyl sites for hydroxylation is 1. The summed E-state index contributed by atoms with van der Waals surface area (Å²) in [7, 11) is 0. The molecule has 0 bridgehead atoms. The van der Waals surface area contributed by atoms with E-state index in [0.717, 1.165) is 13.1 Å². The van der Waals surface area contributed by atoms with E-state index in [1.54, 1.807) is 5.71 Å². The number of hydrogen-bond acceptors (Lipinski definition) is 0. The van der Waals surface area contributed by atoms with Crippen molar-refractivity contribution in [1.29, 1.82) is 0 Å². The molecule has 0 fully saturated rings. The molecule has 1 aliphatic heterocycles. The van der Waals surface area contributed by atoms with Crippen molar-refractivity contribution in [1.82, 2.24) is 4.57 Å². The first-order valence-electron chi connectivity index (χ1n) is 6.05. The van der Waals surface area contributed by atoms with Crippen LogP contribution in [0.25, 0.3) is 0 Å². The Bertz CT molecular complexity index is 391. The highest BCUT2D eigenvalue weighted by Crippen LogP contribution is 2.16. The SMILES string of the molecule is CCCC1=[N+](CC)CCn2c(C)ccc21.[Br-]. The molecule has 0 amide bonds. The van der Waals surface area contributed by atoms with Gasteiger partial charge in [0.1, 0.15) is 12.2 Å². The number of nitrogens with zero attached hydrogens (tertiary/aromatic N) is 2. The van der Waals surface area contributed by atoms with Crippen LogP contribution >= 0.6 is 0 Å². The smallest absolute Gasteiger partial charge is 0.199 e. The van der Waals surface area contributed by atoms with Crippen LogP contribution in [0.1, 0.15) is 38.1 Å². The normalized spacial score (nSPS) is 14.7. The molecular weight excluding hydrogens is 264 g/mol. The van der Waals surface area contributed by atoms with Gasteiger partial charge in [0.05, 0.1) is 6.54 Å². The second-order valence-electron chi connectivity index (χ2n) is 4.29. The second-order valence-corrected chi connectivity index (χ2v) is 4.29. The van der Waals surface area contributed by atoms with E-state index in [0.29, 0.717) is 0 Å². The fourth-order valence-corrected chi connectivity index (χ4v) is 2.51. The Morgan fingerprint density at radius 3 is 2.69 bits per heavy atom. The molecule has 0 saturated carbocycles. The molecule has 0 spiro atoms. The van der Waals surface area contributed by atoms with Gasteiger partial charge in [-0.1, -0.05) is 6.92 Å². The molecule has 3 heteroatoms. The minimum Gasteiger partial charge on any atom is -1.00 e. The van der Waals surface area contributed by atoms with Crippen LogP contribution in [0.15, 0.2) is 12.1 Å². The van der Waals surface area contributed by atoms with Crippen LogP contribution in [0.4, 0.5) is 0 Å². The molecule has 2 rings (SSSR count). The lowest BCUT2D eigenvalue weighted by Gasteiger charge is -2.18. The lowest BCUT2D eigenvalue weighted by Crippen LogP contribution is -3.00. The van der Waals surface area contributed by atoms with E-state index in [2.05, 4.69) is 42.0 Å². The topological polar surface area (TPSA) is 7.94 Å². The predicted molar refractivity (Wildman–Crippen MR) is 63.9 cm³/mol. The van der Waals surface area contributed by atoms with E-state index in [9.17, 15) is 0 Å². The van der Waals surface area contributed by atoms with Crippen molar-refractivity contribution in [2.24, 2.45) is 0 Å². The van der Waals surface area contributed by atoms with Gasteiger partial charge in [0.25, 0.3) is 0 Å². The average molecular weight is 285 g/mol. The van der Waals surface area contributed by atoms with Gasteiger partial charge in [-0.15, -0.1) is 0 Å². The first-order chi connectivity index (χ1) is 7.27. The van der Waals surface area contributed by atoms with E-state index in [4.69, 9.17) is 0 Å². The summed E-state index contributed by atoms with van der Waals surface area (Å²) in [5, 5.41) is 0. The van der Waals surface area contributed by atoms with Crippen LogP contribution in [0.3, 0.4) is 0 Å². The Balaban J connectivity index is 0.00000128. The summed E-state index contributed by atoms with van der Waals surface area (Å²) in [6.45, 7) is 10.2. The number of rotatable bonds is 3. The third-order valence-electron chi connectivity index (χ3n) is 3.34. The summed E-state index contributed by atoms with van der Waals surface area (Å²) < 4.78 is 4.98. The highest BCUT2D eigenvalue weighted by atomic mass is 79.9. The highest BCUT2D eigenvalue weighted by molar-refractivity contribution is 5.95. The predicted octanol–water partition coefficient (Wildman–Crippen LogP) is -0.564. The first-order valence-corrected chi connectivity index (χ1v) is 6.05. The monoisotopic (exact) mass is 284 g/mol. The Morgan fingerprint density at radius 2 is 2.06 bits per heavy atom. The van der Waals surface area contributed by atoms with Crippen LogP contribution in [0, 0.1) is 6.92 Å². The van der Waals surface area contributed by atoms with Crippen LogP contribution in [-0.2, 0) is 6.54 Å². The molecule has 0 aliphatic carbocycles. The molecule has 2 heterocycles. The van der Waals surface area contributed by atoms with Crippen LogP contribution in [0.2, 0.25) is 0 Å². The molecule has 16 heavy (non-hydrogen) atoms. The Labute approximate surface area is 109 Å². The van der Waals surface area contributed by atoms with Gasteiger partial charge in [-0.25, -0.2) is 4.58 Å². The molecule has 0 saturated heterocycles. The van der Waals surface area contributed by atoms with Crippen LogP contribution < -0.4 is 17.0 Å². The Kier molecular flexibility index (Phi) is 4.78. The molecular formula is C13H21BrN2. The van der Waals surface area contributed by atoms with E-state index in [-0.39, 0.29) is 17.0 Å². The molecule has 1 aromatic heterocycles. The maximum absolute atomic E-state index is 2.53. The van der Waals surface area contributed by atoms with Crippen molar-refractivity contribution in [3.63, 3.8) is 0 Å². The summed E-state index contributed by atoms with van der Waals surface area (Å²) in [4.78, 5) is 0. The minimum atomic E-state index is 0. The highest BCUT2D eigenvalue weighted by Gasteiger charge is 2.24. The molecule has 2 nitrogen and oxygen atoms in total. The zero-order chi connectivity index (χ0) is 10.8. The van der Waals surface area contributed by atoms with E-state index in [1.165, 1.54) is 30.8 Å². The summed E-state index contributed by atoms with van der Waals surface area (Å²) in [5.74, 6) is 0. The lowest BCUT2D eigenvalue weighted by molar-refractivity contribution is -0.529. The Morgan fingerprint density at radius 1 is 1.31 bits per heavy atom. The zero-order valence-electron chi connectivity index (χ0n) is 10.5. The zero-order valence-corrected chi connectivity index (χ0v) is 12.0. The lowest BCUT2D eigenvalue weighted by atomic mass is 10.1. The van der Waals surface area contributed by atoms with Gasteiger partial charge in [0.15, 0.2) is 12.3 Å². The number of aromatic nitrogens is 1. The van der Waals surface area contributed by atoms with E-state index in [1.807, 2.05) is 0 Å². The van der Waals surface area contributed by atoms with Crippen LogP contribution in [-0.4, -0.2) is 27.9 Å².